The number of aliphatic hydroxyl groups is 1. The van der Waals surface area contributed by atoms with Crippen LogP contribution in [0.15, 0.2) is 28.2 Å². The molecule has 0 fully saturated rings. The van der Waals surface area contributed by atoms with E-state index in [0.717, 1.165) is 17.3 Å². The standard InChI is InChI=1S/C14H17F2N3O3S/c1-3-19-13(21)17-18-14(19)23-7-10(20)9-6-8(2)4-5-11(9)22-12(15)16/h4-6,10,12,20H,3,7H2,1-2H3,(H,17,21). The van der Waals surface area contributed by atoms with Crippen LogP contribution in [0.1, 0.15) is 24.2 Å². The van der Waals surface area contributed by atoms with Gasteiger partial charge in [-0.1, -0.05) is 23.4 Å². The number of nitrogens with one attached hydrogen (secondary N) is 1. The molecule has 0 spiro atoms. The number of thioether (sulfide) groups is 1. The van der Waals surface area contributed by atoms with Crippen LogP contribution in [0.5, 0.6) is 5.75 Å². The molecule has 1 aromatic heterocycles. The molecule has 1 unspecified atom stereocenters. The Hall–Kier alpha value is -1.87. The number of aryl methyl sites for hydroxylation is 1. The van der Waals surface area contributed by atoms with Gasteiger partial charge in [-0.15, -0.1) is 5.10 Å². The molecule has 1 aromatic carbocycles. The van der Waals surface area contributed by atoms with Crippen LogP contribution in [0.25, 0.3) is 0 Å². The molecule has 2 aromatic rings. The second kappa shape index (κ2) is 7.60. The monoisotopic (exact) mass is 345 g/mol. The van der Waals surface area contributed by atoms with Gasteiger partial charge in [0.2, 0.25) is 0 Å². The quantitative estimate of drug-likeness (QED) is 0.753. The Balaban J connectivity index is 2.15. The summed E-state index contributed by atoms with van der Waals surface area (Å²) in [5.74, 6) is 0.0847. The fourth-order valence-electron chi connectivity index (χ4n) is 2.07. The lowest BCUT2D eigenvalue weighted by Crippen LogP contribution is -2.16. The van der Waals surface area contributed by atoms with E-state index < -0.39 is 12.7 Å². The van der Waals surface area contributed by atoms with E-state index in [4.69, 9.17) is 0 Å². The number of halogens is 2. The summed E-state index contributed by atoms with van der Waals surface area (Å²) in [5, 5.41) is 16.9. The number of aromatic amines is 1. The van der Waals surface area contributed by atoms with E-state index in [9.17, 15) is 18.7 Å². The van der Waals surface area contributed by atoms with Crippen molar-refractivity contribution in [1.82, 2.24) is 14.8 Å². The Bertz CT molecular complexity index is 718. The summed E-state index contributed by atoms with van der Waals surface area (Å²) in [5.41, 5.74) is 0.761. The van der Waals surface area contributed by atoms with Gasteiger partial charge in [-0.3, -0.25) is 4.57 Å². The van der Waals surface area contributed by atoms with Gasteiger partial charge in [0, 0.05) is 17.9 Å². The fourth-order valence-corrected chi connectivity index (χ4v) is 3.03. The fraction of sp³-hybridized carbons (Fsp3) is 0.429. The second-order valence-corrected chi connectivity index (χ2v) is 5.79. The number of ether oxygens (including phenoxy) is 1. The highest BCUT2D eigenvalue weighted by Gasteiger charge is 2.18. The van der Waals surface area contributed by atoms with Gasteiger partial charge in [-0.2, -0.15) is 8.78 Å². The van der Waals surface area contributed by atoms with Crippen molar-refractivity contribution < 1.29 is 18.6 Å². The average molecular weight is 345 g/mol. The zero-order chi connectivity index (χ0) is 17.0. The molecule has 1 heterocycles. The first-order chi connectivity index (χ1) is 10.9. The number of aromatic nitrogens is 3. The minimum atomic E-state index is -2.96. The van der Waals surface area contributed by atoms with Crippen LogP contribution < -0.4 is 10.4 Å². The molecule has 126 valence electrons. The molecule has 2 N–H and O–H groups in total. The van der Waals surface area contributed by atoms with E-state index in [1.807, 2.05) is 0 Å². The molecule has 23 heavy (non-hydrogen) atoms. The number of alkyl halides is 2. The summed E-state index contributed by atoms with van der Waals surface area (Å²) in [7, 11) is 0. The highest BCUT2D eigenvalue weighted by Crippen LogP contribution is 2.31. The minimum Gasteiger partial charge on any atom is -0.434 e. The third kappa shape index (κ3) is 4.32. The summed E-state index contributed by atoms with van der Waals surface area (Å²) in [4.78, 5) is 11.5. The molecule has 0 amide bonds. The van der Waals surface area contributed by atoms with Crippen molar-refractivity contribution in [3.8, 4) is 5.75 Å². The van der Waals surface area contributed by atoms with Gasteiger partial charge in [-0.05, 0) is 26.0 Å². The van der Waals surface area contributed by atoms with Crippen molar-refractivity contribution in [2.75, 3.05) is 5.75 Å². The second-order valence-electron chi connectivity index (χ2n) is 4.80. The smallest absolute Gasteiger partial charge is 0.387 e. The normalized spacial score (nSPS) is 12.6. The van der Waals surface area contributed by atoms with E-state index in [2.05, 4.69) is 14.9 Å². The molecule has 6 nitrogen and oxygen atoms in total. The number of aliphatic hydroxyl groups excluding tert-OH is 1. The Morgan fingerprint density at radius 2 is 2.22 bits per heavy atom. The highest BCUT2D eigenvalue weighted by atomic mass is 32.2. The Morgan fingerprint density at radius 3 is 2.87 bits per heavy atom. The third-order valence-corrected chi connectivity index (χ3v) is 4.20. The lowest BCUT2D eigenvalue weighted by atomic mass is 10.1. The van der Waals surface area contributed by atoms with Gasteiger partial charge >= 0.3 is 12.3 Å². The summed E-state index contributed by atoms with van der Waals surface area (Å²) in [6.45, 7) is 1.07. The predicted molar refractivity (Wildman–Crippen MR) is 82.0 cm³/mol. The van der Waals surface area contributed by atoms with Gasteiger partial charge in [-0.25, -0.2) is 9.89 Å². The molecular weight excluding hydrogens is 328 g/mol. The van der Waals surface area contributed by atoms with Gasteiger partial charge in [0.25, 0.3) is 0 Å². The van der Waals surface area contributed by atoms with E-state index >= 15 is 0 Å². The maximum atomic E-state index is 12.5. The van der Waals surface area contributed by atoms with Gasteiger partial charge in [0.1, 0.15) is 5.75 Å². The zero-order valence-corrected chi connectivity index (χ0v) is 13.4. The van der Waals surface area contributed by atoms with Crippen LogP contribution in [-0.4, -0.2) is 32.2 Å². The van der Waals surface area contributed by atoms with Crippen LogP contribution >= 0.6 is 11.8 Å². The van der Waals surface area contributed by atoms with Crippen LogP contribution in [0.2, 0.25) is 0 Å². The van der Waals surface area contributed by atoms with Crippen molar-refractivity contribution in [3.63, 3.8) is 0 Å². The van der Waals surface area contributed by atoms with Crippen molar-refractivity contribution in [1.29, 1.82) is 0 Å². The molecule has 9 heteroatoms. The zero-order valence-electron chi connectivity index (χ0n) is 12.6. The van der Waals surface area contributed by atoms with E-state index in [0.29, 0.717) is 11.7 Å². The van der Waals surface area contributed by atoms with Crippen molar-refractivity contribution in [2.24, 2.45) is 0 Å². The molecule has 0 aliphatic carbocycles. The molecule has 0 aliphatic heterocycles. The molecular formula is C14H17F2N3O3S. The molecule has 0 radical (unpaired) electrons. The van der Waals surface area contributed by atoms with Gasteiger partial charge in [0.15, 0.2) is 5.16 Å². The molecule has 0 aliphatic rings. The van der Waals surface area contributed by atoms with Crippen LogP contribution in [-0.2, 0) is 6.54 Å². The molecule has 1 atom stereocenters. The average Bonchev–Trinajstić information content (AvgIpc) is 2.86. The topological polar surface area (TPSA) is 80.1 Å². The van der Waals surface area contributed by atoms with Gasteiger partial charge < -0.3 is 9.84 Å². The van der Waals surface area contributed by atoms with Crippen LogP contribution in [0, 0.1) is 6.92 Å². The first kappa shape index (κ1) is 17.5. The molecule has 0 saturated heterocycles. The van der Waals surface area contributed by atoms with Crippen LogP contribution in [0.4, 0.5) is 8.78 Å². The molecule has 0 saturated carbocycles. The van der Waals surface area contributed by atoms with E-state index in [1.54, 1.807) is 26.0 Å². The number of nitrogens with zero attached hydrogens (tertiary/aromatic N) is 2. The summed E-state index contributed by atoms with van der Waals surface area (Å²) in [6.07, 6.45) is -1.04. The lowest BCUT2D eigenvalue weighted by Gasteiger charge is -2.16. The largest absolute Gasteiger partial charge is 0.434 e. The summed E-state index contributed by atoms with van der Waals surface area (Å²) in [6, 6.07) is 4.63. The summed E-state index contributed by atoms with van der Waals surface area (Å²) < 4.78 is 30.8. The Morgan fingerprint density at radius 1 is 1.48 bits per heavy atom. The minimum absolute atomic E-state index is 0.0615. The first-order valence-corrected chi connectivity index (χ1v) is 7.92. The number of rotatable bonds is 7. The predicted octanol–water partition coefficient (Wildman–Crippen LogP) is 2.33. The first-order valence-electron chi connectivity index (χ1n) is 6.93. The Labute approximate surface area is 135 Å². The maximum absolute atomic E-state index is 12.5. The van der Waals surface area contributed by atoms with E-state index in [-0.39, 0.29) is 22.8 Å². The number of H-pyrrole nitrogens is 1. The summed E-state index contributed by atoms with van der Waals surface area (Å²) >= 11 is 1.16. The number of hydrogen-bond acceptors (Lipinski definition) is 5. The van der Waals surface area contributed by atoms with Crippen molar-refractivity contribution in [2.45, 2.75) is 38.3 Å². The number of benzene rings is 1. The third-order valence-electron chi connectivity index (χ3n) is 3.15. The SMILES string of the molecule is CCn1c(SCC(O)c2cc(C)ccc2OC(F)F)n[nH]c1=O. The highest BCUT2D eigenvalue weighted by molar-refractivity contribution is 7.99. The molecule has 0 bridgehead atoms. The lowest BCUT2D eigenvalue weighted by molar-refractivity contribution is -0.0513. The van der Waals surface area contributed by atoms with E-state index in [1.165, 1.54) is 10.6 Å². The van der Waals surface area contributed by atoms with Crippen molar-refractivity contribution >= 4 is 11.8 Å². The maximum Gasteiger partial charge on any atom is 0.387 e. The Kier molecular flexibility index (Phi) is 5.78. The number of hydrogen-bond donors (Lipinski definition) is 2. The van der Waals surface area contributed by atoms with Gasteiger partial charge in [0.05, 0.1) is 6.10 Å². The van der Waals surface area contributed by atoms with Crippen molar-refractivity contribution in [3.05, 3.63) is 39.8 Å². The molecule has 2 rings (SSSR count). The van der Waals surface area contributed by atoms with Crippen LogP contribution in [0.3, 0.4) is 0 Å².